The number of rotatable bonds is 5. The van der Waals surface area contributed by atoms with E-state index in [9.17, 15) is 4.79 Å². The molecule has 4 heterocycles. The summed E-state index contributed by atoms with van der Waals surface area (Å²) in [6.07, 6.45) is 8.56. The lowest BCUT2D eigenvalue weighted by atomic mass is 9.73. The summed E-state index contributed by atoms with van der Waals surface area (Å²) < 4.78 is 7.58. The van der Waals surface area contributed by atoms with E-state index in [1.165, 1.54) is 12.8 Å². The maximum absolute atomic E-state index is 12.6. The largest absolute Gasteiger partial charge is 0.468 e. The Balaban J connectivity index is 1.24. The molecule has 2 aromatic heterocycles. The topological polar surface area (TPSA) is 76.2 Å². The summed E-state index contributed by atoms with van der Waals surface area (Å²) in [5.74, 6) is 3.11. The Morgan fingerprint density at radius 3 is 2.85 bits per heavy atom. The number of piperidine rings is 1. The number of aryl methyl sites for hydroxylation is 1. The molecule has 144 valence electrons. The van der Waals surface area contributed by atoms with E-state index in [-0.39, 0.29) is 11.3 Å². The molecular weight excluding hydrogens is 342 g/mol. The Hall–Kier alpha value is -2.15. The summed E-state index contributed by atoms with van der Waals surface area (Å²) in [5, 5.41) is 11.5. The number of nitrogens with one attached hydrogen (secondary N) is 1. The lowest BCUT2D eigenvalue weighted by Gasteiger charge is -2.44. The first-order valence-corrected chi connectivity index (χ1v) is 10.2. The van der Waals surface area contributed by atoms with Gasteiger partial charge in [0.1, 0.15) is 11.6 Å². The van der Waals surface area contributed by atoms with E-state index in [1.54, 1.807) is 6.26 Å². The molecule has 27 heavy (non-hydrogen) atoms. The zero-order valence-corrected chi connectivity index (χ0v) is 15.7. The fourth-order valence-corrected chi connectivity index (χ4v) is 4.50. The second kappa shape index (κ2) is 6.78. The van der Waals surface area contributed by atoms with Crippen LogP contribution >= 0.6 is 0 Å². The SMILES string of the molecule is O=C(NCC1CC1)c1nnc2n1CC1(CC2)CCN(Cc2ccco2)CC1. The highest BCUT2D eigenvalue weighted by molar-refractivity contribution is 5.90. The van der Waals surface area contributed by atoms with E-state index >= 15 is 0 Å². The van der Waals surface area contributed by atoms with Gasteiger partial charge in [-0.2, -0.15) is 0 Å². The smallest absolute Gasteiger partial charge is 0.289 e. The average Bonchev–Trinajstić information content (AvgIpc) is 3.20. The van der Waals surface area contributed by atoms with Crippen molar-refractivity contribution in [3.8, 4) is 0 Å². The molecule has 0 unspecified atom stereocenters. The van der Waals surface area contributed by atoms with E-state index in [1.807, 2.05) is 12.1 Å². The Morgan fingerprint density at radius 2 is 2.11 bits per heavy atom. The molecule has 1 spiro atoms. The highest BCUT2D eigenvalue weighted by Gasteiger charge is 2.40. The van der Waals surface area contributed by atoms with Crippen LogP contribution in [0, 0.1) is 11.3 Å². The molecule has 3 aliphatic rings. The van der Waals surface area contributed by atoms with Gasteiger partial charge in [0.25, 0.3) is 5.91 Å². The molecule has 1 saturated carbocycles. The van der Waals surface area contributed by atoms with Gasteiger partial charge in [0.05, 0.1) is 12.8 Å². The van der Waals surface area contributed by atoms with E-state index in [4.69, 9.17) is 4.42 Å². The Bertz CT molecular complexity index is 800. The number of nitrogens with zero attached hydrogens (tertiary/aromatic N) is 4. The van der Waals surface area contributed by atoms with Crippen LogP contribution in [-0.4, -0.2) is 45.2 Å². The molecule has 1 saturated heterocycles. The van der Waals surface area contributed by atoms with E-state index in [2.05, 4.69) is 25.0 Å². The van der Waals surface area contributed by atoms with Gasteiger partial charge in [0.15, 0.2) is 0 Å². The number of carbonyl (C=O) groups is 1. The molecule has 1 N–H and O–H groups in total. The molecule has 0 bridgehead atoms. The van der Waals surface area contributed by atoms with Crippen molar-refractivity contribution in [2.45, 2.75) is 51.6 Å². The monoisotopic (exact) mass is 369 g/mol. The number of hydrogen-bond acceptors (Lipinski definition) is 5. The van der Waals surface area contributed by atoms with Gasteiger partial charge in [-0.3, -0.25) is 9.69 Å². The molecule has 1 aliphatic carbocycles. The number of furan rings is 1. The zero-order valence-electron chi connectivity index (χ0n) is 15.7. The van der Waals surface area contributed by atoms with Crippen molar-refractivity contribution in [2.24, 2.45) is 11.3 Å². The van der Waals surface area contributed by atoms with Crippen LogP contribution in [0.3, 0.4) is 0 Å². The molecular formula is C20H27N5O2. The normalized spacial score (nSPS) is 21.9. The van der Waals surface area contributed by atoms with Crippen LogP contribution in [0.1, 0.15) is 54.3 Å². The molecule has 1 amide bonds. The summed E-state index contributed by atoms with van der Waals surface area (Å²) in [4.78, 5) is 15.0. The van der Waals surface area contributed by atoms with Crippen LogP contribution in [0.5, 0.6) is 0 Å². The van der Waals surface area contributed by atoms with Crippen LogP contribution in [0.25, 0.3) is 0 Å². The average molecular weight is 369 g/mol. The molecule has 0 radical (unpaired) electrons. The summed E-state index contributed by atoms with van der Waals surface area (Å²) in [6.45, 7) is 4.67. The molecule has 2 fully saturated rings. The van der Waals surface area contributed by atoms with Crippen molar-refractivity contribution in [3.63, 3.8) is 0 Å². The van der Waals surface area contributed by atoms with Crippen LogP contribution in [-0.2, 0) is 19.5 Å². The second-order valence-electron chi connectivity index (χ2n) is 8.53. The Labute approximate surface area is 159 Å². The first-order valence-electron chi connectivity index (χ1n) is 10.2. The van der Waals surface area contributed by atoms with Crippen LogP contribution in [0.15, 0.2) is 22.8 Å². The maximum Gasteiger partial charge on any atom is 0.289 e. The molecule has 0 aromatic carbocycles. The highest BCUT2D eigenvalue weighted by atomic mass is 16.3. The summed E-state index contributed by atoms with van der Waals surface area (Å²) in [7, 11) is 0. The van der Waals surface area contributed by atoms with Crippen LogP contribution in [0.4, 0.5) is 0 Å². The van der Waals surface area contributed by atoms with Crippen molar-refractivity contribution in [1.29, 1.82) is 0 Å². The lowest BCUT2D eigenvalue weighted by molar-refractivity contribution is 0.0587. The maximum atomic E-state index is 12.6. The Morgan fingerprint density at radius 1 is 1.26 bits per heavy atom. The van der Waals surface area contributed by atoms with E-state index in [0.29, 0.717) is 11.7 Å². The number of likely N-dealkylation sites (tertiary alicyclic amines) is 1. The summed E-state index contributed by atoms with van der Waals surface area (Å²) in [5.41, 5.74) is 0.264. The van der Waals surface area contributed by atoms with Gasteiger partial charge in [-0.1, -0.05) is 0 Å². The molecule has 2 aliphatic heterocycles. The van der Waals surface area contributed by atoms with Gasteiger partial charge in [0, 0.05) is 19.5 Å². The predicted molar refractivity (Wildman–Crippen MR) is 99.1 cm³/mol. The van der Waals surface area contributed by atoms with Crippen molar-refractivity contribution in [1.82, 2.24) is 25.0 Å². The van der Waals surface area contributed by atoms with Gasteiger partial charge in [-0.25, -0.2) is 0 Å². The minimum Gasteiger partial charge on any atom is -0.468 e. The molecule has 5 rings (SSSR count). The number of fused-ring (bicyclic) bond motifs is 1. The number of carbonyl (C=O) groups excluding carboxylic acids is 1. The fraction of sp³-hybridized carbons (Fsp3) is 0.650. The van der Waals surface area contributed by atoms with Crippen LogP contribution < -0.4 is 5.32 Å². The predicted octanol–water partition coefficient (Wildman–Crippen LogP) is 2.24. The highest BCUT2D eigenvalue weighted by Crippen LogP contribution is 2.41. The van der Waals surface area contributed by atoms with E-state index < -0.39 is 0 Å². The number of amides is 1. The quantitative estimate of drug-likeness (QED) is 0.875. The third kappa shape index (κ3) is 3.52. The van der Waals surface area contributed by atoms with Crippen molar-refractivity contribution in [3.05, 3.63) is 35.8 Å². The van der Waals surface area contributed by atoms with Gasteiger partial charge in [0.2, 0.25) is 5.82 Å². The minimum atomic E-state index is -0.0621. The van der Waals surface area contributed by atoms with Gasteiger partial charge < -0.3 is 14.3 Å². The molecule has 2 aromatic rings. The number of aromatic nitrogens is 3. The van der Waals surface area contributed by atoms with E-state index in [0.717, 1.165) is 70.0 Å². The molecule has 0 atom stereocenters. The standard InChI is InChI=1S/C20H27N5O2/c26-19(21-12-15-3-4-15)18-23-22-17-5-6-20(14-25(17)18)7-9-24(10-8-20)13-16-2-1-11-27-16/h1-2,11,15H,3-10,12-14H2,(H,21,26). The lowest BCUT2D eigenvalue weighted by Crippen LogP contribution is -2.44. The molecule has 7 heteroatoms. The van der Waals surface area contributed by atoms with Gasteiger partial charge >= 0.3 is 0 Å². The van der Waals surface area contributed by atoms with Crippen molar-refractivity contribution >= 4 is 5.91 Å². The van der Waals surface area contributed by atoms with Crippen LogP contribution in [0.2, 0.25) is 0 Å². The molecule has 7 nitrogen and oxygen atoms in total. The summed E-state index contributed by atoms with van der Waals surface area (Å²) in [6, 6.07) is 3.99. The summed E-state index contributed by atoms with van der Waals surface area (Å²) >= 11 is 0. The Kier molecular flexibility index (Phi) is 4.27. The third-order valence-corrected chi connectivity index (χ3v) is 6.53. The second-order valence-corrected chi connectivity index (χ2v) is 8.53. The first kappa shape index (κ1) is 17.0. The third-order valence-electron chi connectivity index (χ3n) is 6.53. The van der Waals surface area contributed by atoms with Gasteiger partial charge in [-0.05, 0) is 68.7 Å². The van der Waals surface area contributed by atoms with Crippen molar-refractivity contribution < 1.29 is 9.21 Å². The first-order chi connectivity index (χ1) is 13.2. The van der Waals surface area contributed by atoms with Crippen molar-refractivity contribution in [2.75, 3.05) is 19.6 Å². The zero-order chi connectivity index (χ0) is 18.3. The van der Waals surface area contributed by atoms with Gasteiger partial charge in [-0.15, -0.1) is 10.2 Å². The number of hydrogen-bond donors (Lipinski definition) is 1. The minimum absolute atomic E-state index is 0.0621. The fourth-order valence-electron chi connectivity index (χ4n) is 4.50.